The Morgan fingerprint density at radius 2 is 1.92 bits per heavy atom. The highest BCUT2D eigenvalue weighted by Crippen LogP contribution is 2.31. The highest BCUT2D eigenvalue weighted by atomic mass is 15.1. The van der Waals surface area contributed by atoms with E-state index in [-0.39, 0.29) is 0 Å². The zero-order chi connectivity index (χ0) is 8.97. The molecule has 0 radical (unpaired) electrons. The molecule has 1 unspecified atom stereocenters. The third-order valence-electron chi connectivity index (χ3n) is 2.97. The molecule has 1 saturated carbocycles. The van der Waals surface area contributed by atoms with Gasteiger partial charge in [-0.3, -0.25) is 0 Å². The van der Waals surface area contributed by atoms with Crippen LogP contribution in [0.4, 0.5) is 0 Å². The standard InChI is InChI=1S/C10H22N2/c1-12(2)8-10(7-11)9-5-3-4-6-9/h9-10H,3-8,11H2,1-2H3. The summed E-state index contributed by atoms with van der Waals surface area (Å²) in [6.45, 7) is 2.03. The van der Waals surface area contributed by atoms with E-state index in [0.717, 1.165) is 18.4 Å². The van der Waals surface area contributed by atoms with Gasteiger partial charge in [0.15, 0.2) is 0 Å². The van der Waals surface area contributed by atoms with Crippen LogP contribution in [0.5, 0.6) is 0 Å². The number of rotatable bonds is 4. The molecular formula is C10H22N2. The topological polar surface area (TPSA) is 29.3 Å². The van der Waals surface area contributed by atoms with Crippen LogP contribution in [0.3, 0.4) is 0 Å². The van der Waals surface area contributed by atoms with Gasteiger partial charge >= 0.3 is 0 Å². The van der Waals surface area contributed by atoms with E-state index in [1.807, 2.05) is 0 Å². The van der Waals surface area contributed by atoms with Crippen molar-refractivity contribution >= 4 is 0 Å². The normalized spacial score (nSPS) is 22.0. The Bertz CT molecular complexity index is 117. The molecule has 0 aromatic carbocycles. The number of hydrogen-bond acceptors (Lipinski definition) is 2. The predicted octanol–water partition coefficient (Wildman–Crippen LogP) is 1.31. The van der Waals surface area contributed by atoms with Crippen LogP contribution in [0.15, 0.2) is 0 Å². The molecule has 2 heteroatoms. The first-order valence-corrected chi connectivity index (χ1v) is 5.09. The smallest absolute Gasteiger partial charge is 0.00183 e. The van der Waals surface area contributed by atoms with Gasteiger partial charge in [0.1, 0.15) is 0 Å². The first kappa shape index (κ1) is 10.0. The molecule has 72 valence electrons. The van der Waals surface area contributed by atoms with Crippen molar-refractivity contribution in [1.29, 1.82) is 0 Å². The minimum atomic E-state index is 0.738. The highest BCUT2D eigenvalue weighted by molar-refractivity contribution is 4.77. The van der Waals surface area contributed by atoms with Crippen LogP contribution in [-0.2, 0) is 0 Å². The van der Waals surface area contributed by atoms with Crippen LogP contribution < -0.4 is 5.73 Å². The average molecular weight is 170 g/mol. The van der Waals surface area contributed by atoms with Crippen LogP contribution in [-0.4, -0.2) is 32.1 Å². The van der Waals surface area contributed by atoms with Crippen LogP contribution >= 0.6 is 0 Å². The quantitative estimate of drug-likeness (QED) is 0.689. The van der Waals surface area contributed by atoms with Crippen LogP contribution in [0.2, 0.25) is 0 Å². The lowest BCUT2D eigenvalue weighted by Gasteiger charge is -2.24. The molecule has 0 aromatic heterocycles. The Hall–Kier alpha value is -0.0800. The Morgan fingerprint density at radius 3 is 2.33 bits per heavy atom. The zero-order valence-corrected chi connectivity index (χ0v) is 8.42. The van der Waals surface area contributed by atoms with Crippen molar-refractivity contribution in [3.63, 3.8) is 0 Å². The second kappa shape index (κ2) is 4.83. The molecule has 0 saturated heterocycles. The highest BCUT2D eigenvalue weighted by Gasteiger charge is 2.23. The second-order valence-electron chi connectivity index (χ2n) is 4.30. The van der Waals surface area contributed by atoms with Crippen molar-refractivity contribution in [3.05, 3.63) is 0 Å². The van der Waals surface area contributed by atoms with Crippen molar-refractivity contribution in [2.75, 3.05) is 27.2 Å². The molecule has 1 atom stereocenters. The summed E-state index contributed by atoms with van der Waals surface area (Å²) in [7, 11) is 4.27. The van der Waals surface area contributed by atoms with E-state index in [9.17, 15) is 0 Å². The first-order valence-electron chi connectivity index (χ1n) is 5.09. The van der Waals surface area contributed by atoms with E-state index in [0.29, 0.717) is 0 Å². The zero-order valence-electron chi connectivity index (χ0n) is 8.42. The SMILES string of the molecule is CN(C)CC(CN)C1CCCC1. The minimum Gasteiger partial charge on any atom is -0.330 e. The molecule has 12 heavy (non-hydrogen) atoms. The van der Waals surface area contributed by atoms with E-state index in [1.165, 1.54) is 32.2 Å². The largest absolute Gasteiger partial charge is 0.330 e. The van der Waals surface area contributed by atoms with Gasteiger partial charge in [0.05, 0.1) is 0 Å². The molecular weight excluding hydrogens is 148 g/mol. The summed E-state index contributed by atoms with van der Waals surface area (Å²) in [6.07, 6.45) is 5.68. The molecule has 1 rings (SSSR count). The van der Waals surface area contributed by atoms with Gasteiger partial charge in [-0.1, -0.05) is 25.7 Å². The first-order chi connectivity index (χ1) is 5.74. The number of nitrogens with two attached hydrogens (primary N) is 1. The lowest BCUT2D eigenvalue weighted by molar-refractivity contribution is 0.253. The summed E-state index contributed by atoms with van der Waals surface area (Å²) >= 11 is 0. The number of hydrogen-bond donors (Lipinski definition) is 1. The lowest BCUT2D eigenvalue weighted by atomic mass is 9.90. The van der Waals surface area contributed by atoms with Crippen molar-refractivity contribution in [2.45, 2.75) is 25.7 Å². The van der Waals surface area contributed by atoms with Crippen molar-refractivity contribution in [3.8, 4) is 0 Å². The monoisotopic (exact) mass is 170 g/mol. The van der Waals surface area contributed by atoms with E-state index in [2.05, 4.69) is 19.0 Å². The molecule has 0 aliphatic heterocycles. The van der Waals surface area contributed by atoms with Crippen molar-refractivity contribution in [2.24, 2.45) is 17.6 Å². The Kier molecular flexibility index (Phi) is 4.02. The summed E-state index contributed by atoms with van der Waals surface area (Å²) in [6, 6.07) is 0. The van der Waals surface area contributed by atoms with Gasteiger partial charge < -0.3 is 10.6 Å². The van der Waals surface area contributed by atoms with Crippen LogP contribution in [0.25, 0.3) is 0 Å². The summed E-state index contributed by atoms with van der Waals surface area (Å²) in [5.74, 6) is 1.65. The average Bonchev–Trinajstić information content (AvgIpc) is 2.51. The Labute approximate surface area is 76.1 Å². The van der Waals surface area contributed by atoms with Gasteiger partial charge in [0.2, 0.25) is 0 Å². The van der Waals surface area contributed by atoms with Gasteiger partial charge in [-0.2, -0.15) is 0 Å². The van der Waals surface area contributed by atoms with Crippen LogP contribution in [0.1, 0.15) is 25.7 Å². The maximum absolute atomic E-state index is 5.77. The Morgan fingerprint density at radius 1 is 1.33 bits per heavy atom. The molecule has 0 spiro atoms. The summed E-state index contributed by atoms with van der Waals surface area (Å²) in [4.78, 5) is 2.26. The van der Waals surface area contributed by atoms with Gasteiger partial charge in [-0.15, -0.1) is 0 Å². The van der Waals surface area contributed by atoms with Gasteiger partial charge in [-0.05, 0) is 32.5 Å². The van der Waals surface area contributed by atoms with E-state index in [1.54, 1.807) is 0 Å². The summed E-state index contributed by atoms with van der Waals surface area (Å²) in [5.41, 5.74) is 5.77. The van der Waals surface area contributed by atoms with Crippen LogP contribution in [0, 0.1) is 11.8 Å². The molecule has 0 bridgehead atoms. The second-order valence-corrected chi connectivity index (χ2v) is 4.30. The summed E-state index contributed by atoms with van der Waals surface area (Å²) in [5, 5.41) is 0. The third-order valence-corrected chi connectivity index (χ3v) is 2.97. The van der Waals surface area contributed by atoms with E-state index < -0.39 is 0 Å². The minimum absolute atomic E-state index is 0.738. The molecule has 1 fully saturated rings. The molecule has 2 nitrogen and oxygen atoms in total. The Balaban J connectivity index is 2.32. The van der Waals surface area contributed by atoms with E-state index >= 15 is 0 Å². The molecule has 1 aliphatic carbocycles. The lowest BCUT2D eigenvalue weighted by Crippen LogP contribution is -2.32. The molecule has 0 heterocycles. The van der Waals surface area contributed by atoms with Crippen molar-refractivity contribution in [1.82, 2.24) is 4.90 Å². The molecule has 2 N–H and O–H groups in total. The molecule has 0 amide bonds. The fraction of sp³-hybridized carbons (Fsp3) is 1.00. The van der Waals surface area contributed by atoms with Gasteiger partial charge in [0.25, 0.3) is 0 Å². The van der Waals surface area contributed by atoms with Gasteiger partial charge in [0, 0.05) is 6.54 Å². The molecule has 1 aliphatic rings. The van der Waals surface area contributed by atoms with Crippen molar-refractivity contribution < 1.29 is 0 Å². The summed E-state index contributed by atoms with van der Waals surface area (Å²) < 4.78 is 0. The van der Waals surface area contributed by atoms with Gasteiger partial charge in [-0.25, -0.2) is 0 Å². The predicted molar refractivity (Wildman–Crippen MR) is 53.1 cm³/mol. The third kappa shape index (κ3) is 2.76. The van der Waals surface area contributed by atoms with E-state index in [4.69, 9.17) is 5.73 Å². The fourth-order valence-corrected chi connectivity index (χ4v) is 2.31. The number of nitrogens with zero attached hydrogens (tertiary/aromatic N) is 1. The molecule has 0 aromatic rings. The fourth-order valence-electron chi connectivity index (χ4n) is 2.31. The maximum atomic E-state index is 5.77. The maximum Gasteiger partial charge on any atom is 0.00183 e.